The van der Waals surface area contributed by atoms with Crippen LogP contribution in [0.4, 0.5) is 4.79 Å². The van der Waals surface area contributed by atoms with Crippen LogP contribution in [0.25, 0.3) is 0 Å². The van der Waals surface area contributed by atoms with Crippen LogP contribution in [0.1, 0.15) is 82.8 Å². The van der Waals surface area contributed by atoms with Crippen LogP contribution in [0, 0.1) is 0 Å². The highest BCUT2D eigenvalue weighted by molar-refractivity contribution is 5.93. The van der Waals surface area contributed by atoms with Crippen molar-refractivity contribution in [3.8, 4) is 5.75 Å². The van der Waals surface area contributed by atoms with Gasteiger partial charge >= 0.3 is 6.09 Å². The Morgan fingerprint density at radius 3 is 2.17 bits per heavy atom. The SMILES string of the molecule is CC(C)N(CCNC(=O)C1c2ccc(OCc3ccccc3)cc2CCN1C(=O)C(NC(=O)OC(C)(C)C)c1ccccc1)C(C)C. The van der Waals surface area contributed by atoms with Crippen molar-refractivity contribution in [2.75, 3.05) is 19.6 Å². The lowest BCUT2D eigenvalue weighted by atomic mass is 9.90. The van der Waals surface area contributed by atoms with Crippen molar-refractivity contribution in [1.29, 1.82) is 0 Å². The number of amides is 3. The number of fused-ring (bicyclic) bond motifs is 1. The molecule has 0 aromatic heterocycles. The average molecular weight is 643 g/mol. The van der Waals surface area contributed by atoms with E-state index in [-0.39, 0.29) is 18.4 Å². The Hall–Kier alpha value is -4.37. The highest BCUT2D eigenvalue weighted by Crippen LogP contribution is 2.35. The summed E-state index contributed by atoms with van der Waals surface area (Å²) >= 11 is 0. The summed E-state index contributed by atoms with van der Waals surface area (Å²) in [6.45, 7) is 15.7. The van der Waals surface area contributed by atoms with Crippen molar-refractivity contribution in [3.63, 3.8) is 0 Å². The summed E-state index contributed by atoms with van der Waals surface area (Å²) in [6, 6.07) is 23.4. The third-order valence-electron chi connectivity index (χ3n) is 8.16. The zero-order valence-corrected chi connectivity index (χ0v) is 28.8. The molecule has 3 aromatic carbocycles. The Balaban J connectivity index is 1.64. The zero-order chi connectivity index (χ0) is 34.1. The van der Waals surface area contributed by atoms with Gasteiger partial charge in [-0.25, -0.2) is 4.79 Å². The van der Waals surface area contributed by atoms with Crippen molar-refractivity contribution in [2.24, 2.45) is 0 Å². The maximum atomic E-state index is 14.5. The molecule has 252 valence electrons. The minimum Gasteiger partial charge on any atom is -0.489 e. The number of hydrogen-bond donors (Lipinski definition) is 2. The second kappa shape index (κ2) is 16.0. The number of alkyl carbamates (subject to hydrolysis) is 1. The number of ether oxygens (including phenoxy) is 2. The van der Waals surface area contributed by atoms with Gasteiger partial charge in [0, 0.05) is 31.7 Å². The summed E-state index contributed by atoms with van der Waals surface area (Å²) in [7, 11) is 0. The summed E-state index contributed by atoms with van der Waals surface area (Å²) in [4.78, 5) is 45.4. The molecule has 4 rings (SSSR count). The number of carbonyl (C=O) groups is 3. The maximum Gasteiger partial charge on any atom is 0.408 e. The Bertz CT molecular complexity index is 1480. The van der Waals surface area contributed by atoms with E-state index >= 15 is 0 Å². The van der Waals surface area contributed by atoms with Crippen molar-refractivity contribution in [2.45, 2.75) is 91.3 Å². The predicted molar refractivity (Wildman–Crippen MR) is 184 cm³/mol. The first kappa shape index (κ1) is 35.5. The lowest BCUT2D eigenvalue weighted by Gasteiger charge is -2.39. The van der Waals surface area contributed by atoms with Crippen LogP contribution in [-0.4, -0.2) is 65.0 Å². The van der Waals surface area contributed by atoms with E-state index in [1.54, 1.807) is 37.8 Å². The van der Waals surface area contributed by atoms with Crippen molar-refractivity contribution >= 4 is 17.9 Å². The van der Waals surface area contributed by atoms with Gasteiger partial charge in [-0.2, -0.15) is 0 Å². The van der Waals surface area contributed by atoms with Gasteiger partial charge in [0.2, 0.25) is 5.91 Å². The fourth-order valence-corrected chi connectivity index (χ4v) is 6.00. The molecule has 1 aliphatic heterocycles. The molecule has 9 heteroatoms. The largest absolute Gasteiger partial charge is 0.489 e. The first-order valence-corrected chi connectivity index (χ1v) is 16.5. The minimum atomic E-state index is -1.05. The first-order valence-electron chi connectivity index (χ1n) is 16.5. The number of rotatable bonds is 12. The van der Waals surface area contributed by atoms with Gasteiger partial charge in [-0.05, 0) is 89.3 Å². The summed E-state index contributed by atoms with van der Waals surface area (Å²) in [6.07, 6.45) is -0.184. The molecule has 3 amide bonds. The maximum absolute atomic E-state index is 14.5. The second-order valence-electron chi connectivity index (χ2n) is 13.5. The van der Waals surface area contributed by atoms with Gasteiger partial charge in [-0.15, -0.1) is 0 Å². The van der Waals surface area contributed by atoms with E-state index in [2.05, 4.69) is 43.2 Å². The zero-order valence-electron chi connectivity index (χ0n) is 28.8. The van der Waals surface area contributed by atoms with E-state index in [1.807, 2.05) is 66.7 Å². The van der Waals surface area contributed by atoms with Gasteiger partial charge < -0.3 is 25.0 Å². The topological polar surface area (TPSA) is 100 Å². The Kier molecular flexibility index (Phi) is 12.0. The molecule has 2 N–H and O–H groups in total. The van der Waals surface area contributed by atoms with E-state index in [1.165, 1.54) is 0 Å². The number of carbonyl (C=O) groups excluding carboxylic acids is 3. The number of nitrogens with zero attached hydrogens (tertiary/aromatic N) is 2. The molecule has 3 aromatic rings. The van der Waals surface area contributed by atoms with Gasteiger partial charge in [0.1, 0.15) is 30.0 Å². The fraction of sp³-hybridized carbons (Fsp3) is 0.447. The van der Waals surface area contributed by atoms with Gasteiger partial charge in [0.15, 0.2) is 0 Å². The van der Waals surface area contributed by atoms with Crippen LogP contribution in [0.15, 0.2) is 78.9 Å². The molecule has 9 nitrogen and oxygen atoms in total. The molecule has 0 spiro atoms. The van der Waals surface area contributed by atoms with Crippen molar-refractivity contribution in [3.05, 3.63) is 101 Å². The van der Waals surface area contributed by atoms with E-state index < -0.39 is 23.8 Å². The molecule has 0 fully saturated rings. The van der Waals surface area contributed by atoms with Gasteiger partial charge in [-0.3, -0.25) is 14.5 Å². The molecule has 0 aliphatic carbocycles. The summed E-state index contributed by atoms with van der Waals surface area (Å²) in [5.74, 6) is 0.0434. The third kappa shape index (κ3) is 9.81. The van der Waals surface area contributed by atoms with Crippen LogP contribution in [0.3, 0.4) is 0 Å². The van der Waals surface area contributed by atoms with Crippen LogP contribution < -0.4 is 15.4 Å². The standard InChI is InChI=1S/C38H50N4O5/c1-26(2)41(27(3)4)23-21-39-35(43)34-32-19-18-31(46-25-28-14-10-8-11-15-28)24-30(32)20-22-42(34)36(44)33(29-16-12-9-13-17-29)40-37(45)47-38(5,6)7/h8-19,24,26-27,33-34H,20-23,25H2,1-7H3,(H,39,43)(H,40,45). The quantitative estimate of drug-likeness (QED) is 0.244. The third-order valence-corrected chi connectivity index (χ3v) is 8.16. The van der Waals surface area contributed by atoms with Crippen molar-refractivity contribution < 1.29 is 23.9 Å². The lowest BCUT2D eigenvalue weighted by molar-refractivity contribution is -0.143. The molecule has 0 bridgehead atoms. The van der Waals surface area contributed by atoms with E-state index in [0.717, 1.165) is 16.7 Å². The van der Waals surface area contributed by atoms with E-state index in [0.29, 0.717) is 49.5 Å². The summed E-state index contributed by atoms with van der Waals surface area (Å²) < 4.78 is 11.6. The minimum absolute atomic E-state index is 0.270. The van der Waals surface area contributed by atoms with E-state index in [9.17, 15) is 14.4 Å². The van der Waals surface area contributed by atoms with E-state index in [4.69, 9.17) is 9.47 Å². The van der Waals surface area contributed by atoms with Crippen molar-refractivity contribution in [1.82, 2.24) is 20.4 Å². The molecular formula is C38H50N4O5. The highest BCUT2D eigenvalue weighted by atomic mass is 16.6. The molecule has 0 saturated carbocycles. The average Bonchev–Trinajstić information content (AvgIpc) is 3.03. The molecule has 0 saturated heterocycles. The molecule has 1 aliphatic rings. The molecule has 0 radical (unpaired) electrons. The summed E-state index contributed by atoms with van der Waals surface area (Å²) in [5, 5.41) is 5.90. The van der Waals surface area contributed by atoms with Gasteiger partial charge in [0.25, 0.3) is 5.91 Å². The normalized spacial score (nSPS) is 15.3. The molecule has 47 heavy (non-hydrogen) atoms. The van der Waals surface area contributed by atoms with Crippen LogP contribution in [-0.2, 0) is 27.4 Å². The highest BCUT2D eigenvalue weighted by Gasteiger charge is 2.40. The monoisotopic (exact) mass is 642 g/mol. The molecule has 2 atom stereocenters. The molecule has 2 unspecified atom stereocenters. The Labute approximate surface area is 279 Å². The number of nitrogens with one attached hydrogen (secondary N) is 2. The Morgan fingerprint density at radius 2 is 1.55 bits per heavy atom. The predicted octanol–water partition coefficient (Wildman–Crippen LogP) is 6.19. The first-order chi connectivity index (χ1) is 22.3. The van der Waals surface area contributed by atoms with Crippen LogP contribution in [0.5, 0.6) is 5.75 Å². The van der Waals surface area contributed by atoms with Gasteiger partial charge in [0.05, 0.1) is 0 Å². The summed E-state index contributed by atoms with van der Waals surface area (Å²) in [5.41, 5.74) is 2.59. The molecule has 1 heterocycles. The van der Waals surface area contributed by atoms with Crippen LogP contribution >= 0.6 is 0 Å². The van der Waals surface area contributed by atoms with Gasteiger partial charge in [-0.1, -0.05) is 66.7 Å². The van der Waals surface area contributed by atoms with Crippen LogP contribution in [0.2, 0.25) is 0 Å². The number of benzene rings is 3. The Morgan fingerprint density at radius 1 is 0.915 bits per heavy atom. The smallest absolute Gasteiger partial charge is 0.408 e. The number of hydrogen-bond acceptors (Lipinski definition) is 6. The molecular weight excluding hydrogens is 592 g/mol. The second-order valence-corrected chi connectivity index (χ2v) is 13.5. The lowest BCUT2D eigenvalue weighted by Crippen LogP contribution is -2.52. The fourth-order valence-electron chi connectivity index (χ4n) is 6.00.